The summed E-state index contributed by atoms with van der Waals surface area (Å²) < 4.78 is 2.15. The van der Waals surface area contributed by atoms with Crippen molar-refractivity contribution in [2.24, 2.45) is 0 Å². The molecule has 0 saturated heterocycles. The van der Waals surface area contributed by atoms with Crippen LogP contribution in [0.4, 0.5) is 0 Å². The van der Waals surface area contributed by atoms with E-state index >= 15 is 0 Å². The molecular weight excluding hydrogens is 616 g/mol. The number of fused-ring (bicyclic) bond motifs is 2. The Hall–Kier alpha value is -3.72. The normalized spacial score (nSPS) is 19.4. The summed E-state index contributed by atoms with van der Waals surface area (Å²) in [4.78, 5) is 0. The van der Waals surface area contributed by atoms with Crippen LogP contribution in [0.5, 0.6) is 0 Å². The summed E-state index contributed by atoms with van der Waals surface area (Å²) in [6.45, 7) is 0. The smallest absolute Gasteiger partial charge is 0.0622 e. The highest BCUT2D eigenvalue weighted by molar-refractivity contribution is 9.10. The highest BCUT2D eigenvalue weighted by Gasteiger charge is 2.53. The van der Waals surface area contributed by atoms with Gasteiger partial charge in [-0.25, -0.2) is 0 Å². The maximum atomic E-state index is 3.69. The third-order valence-electron chi connectivity index (χ3n) is 8.44. The molecule has 0 bridgehead atoms. The van der Waals surface area contributed by atoms with Crippen LogP contribution in [0.1, 0.15) is 44.5 Å². The van der Waals surface area contributed by atoms with Crippen LogP contribution >= 0.6 is 31.9 Å². The van der Waals surface area contributed by atoms with Gasteiger partial charge in [0, 0.05) is 8.95 Å². The zero-order valence-electron chi connectivity index (χ0n) is 21.8. The summed E-state index contributed by atoms with van der Waals surface area (Å²) in [5, 5.41) is 0. The second-order valence-corrected chi connectivity index (χ2v) is 12.2. The number of hydrogen-bond acceptors (Lipinski definition) is 0. The molecule has 0 heterocycles. The number of halogens is 2. The molecule has 0 aliphatic heterocycles. The summed E-state index contributed by atoms with van der Waals surface area (Å²) >= 11 is 7.38. The second-order valence-electron chi connectivity index (χ2n) is 10.3. The molecule has 7 rings (SSSR count). The molecule has 0 spiro atoms. The van der Waals surface area contributed by atoms with Gasteiger partial charge in [-0.2, -0.15) is 0 Å². The van der Waals surface area contributed by atoms with Crippen molar-refractivity contribution in [2.45, 2.75) is 10.8 Å². The second kappa shape index (κ2) is 10.0. The van der Waals surface area contributed by atoms with Gasteiger partial charge in [-0.1, -0.05) is 165 Å². The molecule has 6 aromatic rings. The third kappa shape index (κ3) is 3.63. The molecule has 0 N–H and O–H groups in total. The van der Waals surface area contributed by atoms with Crippen molar-refractivity contribution in [3.8, 4) is 0 Å². The summed E-state index contributed by atoms with van der Waals surface area (Å²) in [5.74, 6) is 0. The van der Waals surface area contributed by atoms with E-state index in [1.54, 1.807) is 0 Å². The fourth-order valence-corrected chi connectivity index (χ4v) is 7.45. The molecule has 0 radical (unpaired) electrons. The van der Waals surface area contributed by atoms with Crippen molar-refractivity contribution in [3.63, 3.8) is 0 Å². The predicted octanol–water partition coefficient (Wildman–Crippen LogP) is 10.3. The first-order valence-electron chi connectivity index (χ1n) is 13.5. The van der Waals surface area contributed by atoms with E-state index in [0.29, 0.717) is 0 Å². The van der Waals surface area contributed by atoms with Crippen molar-refractivity contribution in [1.82, 2.24) is 0 Å². The quantitative estimate of drug-likeness (QED) is 0.179. The first-order chi connectivity index (χ1) is 19.7. The summed E-state index contributed by atoms with van der Waals surface area (Å²) in [6, 6.07) is 57.9. The van der Waals surface area contributed by atoms with Crippen molar-refractivity contribution in [2.75, 3.05) is 0 Å². The first kappa shape index (κ1) is 25.3. The lowest BCUT2D eigenvalue weighted by molar-refractivity contribution is 0.615. The Morgan fingerprint density at radius 2 is 0.525 bits per heavy atom. The molecule has 0 unspecified atom stereocenters. The minimum absolute atomic E-state index is 0.497. The first-order valence-corrected chi connectivity index (χ1v) is 15.1. The average Bonchev–Trinajstić information content (AvgIpc) is 3.02. The maximum absolute atomic E-state index is 3.69. The van der Waals surface area contributed by atoms with Crippen LogP contribution < -0.4 is 0 Å². The zero-order valence-corrected chi connectivity index (χ0v) is 24.9. The monoisotopic (exact) mass is 640 g/mol. The zero-order chi connectivity index (χ0) is 27.2. The van der Waals surface area contributed by atoms with E-state index in [9.17, 15) is 0 Å². The van der Waals surface area contributed by atoms with Crippen LogP contribution in [0.25, 0.3) is 0 Å². The van der Waals surface area contributed by atoms with Gasteiger partial charge in [-0.15, -0.1) is 0 Å². The van der Waals surface area contributed by atoms with E-state index in [1.807, 2.05) is 0 Å². The van der Waals surface area contributed by atoms with Gasteiger partial charge in [0.05, 0.1) is 10.8 Å². The average molecular weight is 642 g/mol. The molecule has 192 valence electrons. The van der Waals surface area contributed by atoms with Crippen molar-refractivity contribution in [3.05, 3.63) is 211 Å². The topological polar surface area (TPSA) is 0 Å². The molecule has 0 amide bonds. The fourth-order valence-electron chi connectivity index (χ4n) is 6.92. The number of rotatable bonds is 4. The van der Waals surface area contributed by atoms with E-state index in [0.717, 1.165) is 8.95 Å². The lowest BCUT2D eigenvalue weighted by atomic mass is 9.50. The number of benzene rings is 6. The van der Waals surface area contributed by atoms with E-state index in [2.05, 4.69) is 190 Å². The molecule has 2 heteroatoms. The van der Waals surface area contributed by atoms with Crippen LogP contribution in [-0.4, -0.2) is 0 Å². The minimum atomic E-state index is -0.497. The molecule has 0 nitrogen and oxygen atoms in total. The Kier molecular flexibility index (Phi) is 6.34. The van der Waals surface area contributed by atoms with Gasteiger partial charge in [-0.05, 0) is 68.8 Å². The van der Waals surface area contributed by atoms with Gasteiger partial charge in [-0.3, -0.25) is 0 Å². The van der Waals surface area contributed by atoms with Crippen molar-refractivity contribution < 1.29 is 0 Å². The number of hydrogen-bond donors (Lipinski definition) is 0. The molecule has 0 aromatic heterocycles. The standard InChI is InChI=1S/C38H26Br2/c39-31-23-19-29(20-24-31)37(27-11-3-1-4-12-27)33-15-7-9-17-35(33)38(28-13-5-2-6-14-28,30-21-25-32(40)26-22-30)36-18-10-8-16-34(36)37/h1-26H. The van der Waals surface area contributed by atoms with E-state index in [-0.39, 0.29) is 0 Å². The van der Waals surface area contributed by atoms with Gasteiger partial charge < -0.3 is 0 Å². The summed E-state index contributed by atoms with van der Waals surface area (Å²) in [6.07, 6.45) is 0. The Morgan fingerprint density at radius 3 is 0.825 bits per heavy atom. The SMILES string of the molecule is Brc1ccc(C2(c3ccccc3)c3ccccc3C(c3ccccc3)(c3ccc(Br)cc3)c3ccccc32)cc1. The highest BCUT2D eigenvalue weighted by atomic mass is 79.9. The Labute approximate surface area is 252 Å². The van der Waals surface area contributed by atoms with Crippen LogP contribution in [-0.2, 0) is 10.8 Å². The minimum Gasteiger partial charge on any atom is -0.0622 e. The molecule has 1 aliphatic carbocycles. The van der Waals surface area contributed by atoms with Crippen molar-refractivity contribution >= 4 is 31.9 Å². The molecule has 40 heavy (non-hydrogen) atoms. The van der Waals surface area contributed by atoms with Crippen LogP contribution in [0.2, 0.25) is 0 Å². The fraction of sp³-hybridized carbons (Fsp3) is 0.0526. The lowest BCUT2D eigenvalue weighted by Gasteiger charge is -2.51. The van der Waals surface area contributed by atoms with E-state index < -0.39 is 10.8 Å². The molecule has 6 aromatic carbocycles. The molecule has 0 fully saturated rings. The molecule has 0 atom stereocenters. The summed E-state index contributed by atoms with van der Waals surface area (Å²) in [5.41, 5.74) is 9.22. The highest BCUT2D eigenvalue weighted by Crippen LogP contribution is 2.59. The Balaban J connectivity index is 1.71. The maximum Gasteiger partial charge on any atom is 0.0708 e. The van der Waals surface area contributed by atoms with E-state index in [4.69, 9.17) is 0 Å². The largest absolute Gasteiger partial charge is 0.0708 e. The molecular formula is C38H26Br2. The lowest BCUT2D eigenvalue weighted by Crippen LogP contribution is -2.45. The predicted molar refractivity (Wildman–Crippen MR) is 172 cm³/mol. The van der Waals surface area contributed by atoms with Crippen LogP contribution in [0.15, 0.2) is 167 Å². The van der Waals surface area contributed by atoms with E-state index in [1.165, 1.54) is 44.5 Å². The Morgan fingerprint density at radius 1 is 0.275 bits per heavy atom. The van der Waals surface area contributed by atoms with Gasteiger partial charge in [0.1, 0.15) is 0 Å². The van der Waals surface area contributed by atoms with Gasteiger partial charge in [0.2, 0.25) is 0 Å². The molecule has 1 aliphatic rings. The van der Waals surface area contributed by atoms with Crippen LogP contribution in [0, 0.1) is 0 Å². The van der Waals surface area contributed by atoms with Gasteiger partial charge in [0.25, 0.3) is 0 Å². The molecule has 0 saturated carbocycles. The van der Waals surface area contributed by atoms with Crippen LogP contribution in [0.3, 0.4) is 0 Å². The van der Waals surface area contributed by atoms with Gasteiger partial charge >= 0.3 is 0 Å². The third-order valence-corrected chi connectivity index (χ3v) is 9.50. The van der Waals surface area contributed by atoms with Gasteiger partial charge in [0.15, 0.2) is 0 Å². The Bertz CT molecular complexity index is 1610. The summed E-state index contributed by atoms with van der Waals surface area (Å²) in [7, 11) is 0. The van der Waals surface area contributed by atoms with Crippen molar-refractivity contribution in [1.29, 1.82) is 0 Å².